The Hall–Kier alpha value is -2.37. The van der Waals surface area contributed by atoms with Gasteiger partial charge >= 0.3 is 0 Å². The minimum absolute atomic E-state index is 0.0109. The summed E-state index contributed by atoms with van der Waals surface area (Å²) in [7, 11) is 0. The number of amides is 2. The van der Waals surface area contributed by atoms with Gasteiger partial charge in [0.1, 0.15) is 11.8 Å². The topological polar surface area (TPSA) is 89.7 Å². The van der Waals surface area contributed by atoms with Crippen molar-refractivity contribution in [1.29, 1.82) is 0 Å². The molecule has 1 atom stereocenters. The Bertz CT molecular complexity index is 583. The number of likely N-dealkylation sites (tertiary alicyclic amines) is 1. The summed E-state index contributed by atoms with van der Waals surface area (Å²) in [6.45, 7) is 2.51. The highest BCUT2D eigenvalue weighted by atomic mass is 16.5. The third kappa shape index (κ3) is 4.55. The molecule has 2 amide bonds. The number of nitrogens with two attached hydrogens (primary N) is 1. The number of hydrogen-bond donors (Lipinski definition) is 1. The smallest absolute Gasteiger partial charge is 0.240 e. The molecule has 2 rings (SSSR count). The van der Waals surface area contributed by atoms with Crippen LogP contribution in [0.5, 0.6) is 5.75 Å². The van der Waals surface area contributed by atoms with E-state index < -0.39 is 11.9 Å². The Labute approximate surface area is 135 Å². The van der Waals surface area contributed by atoms with E-state index in [1.54, 1.807) is 29.2 Å². The largest absolute Gasteiger partial charge is 0.494 e. The quantitative estimate of drug-likeness (QED) is 0.610. The lowest BCUT2D eigenvalue weighted by molar-refractivity contribution is -0.137. The van der Waals surface area contributed by atoms with E-state index >= 15 is 0 Å². The van der Waals surface area contributed by atoms with Crippen molar-refractivity contribution in [2.24, 2.45) is 5.73 Å². The molecule has 0 aliphatic carbocycles. The normalized spacial score (nSPS) is 17.1. The van der Waals surface area contributed by atoms with Gasteiger partial charge in [0.15, 0.2) is 5.78 Å². The third-order valence-corrected chi connectivity index (χ3v) is 3.97. The number of carbonyl (C=O) groups excluding carboxylic acids is 3. The molecule has 0 unspecified atom stereocenters. The molecule has 1 aromatic carbocycles. The molecule has 1 heterocycles. The molecule has 0 radical (unpaired) electrons. The van der Waals surface area contributed by atoms with Crippen LogP contribution in [-0.2, 0) is 9.59 Å². The van der Waals surface area contributed by atoms with Crippen molar-refractivity contribution in [1.82, 2.24) is 4.90 Å². The maximum absolute atomic E-state index is 12.1. The van der Waals surface area contributed by atoms with Crippen molar-refractivity contribution < 1.29 is 19.1 Å². The van der Waals surface area contributed by atoms with Crippen LogP contribution >= 0.6 is 0 Å². The molecular weight excluding hydrogens is 296 g/mol. The SMILES string of the molecule is CC(=O)c1ccc(OCCCC(=O)N2CCC[C@H]2C(N)=O)cc1. The Morgan fingerprint density at radius 1 is 1.26 bits per heavy atom. The standard InChI is InChI=1S/C17H22N2O4/c1-12(20)13-6-8-14(9-7-13)23-11-3-5-16(21)19-10-2-4-15(19)17(18)22/h6-9,15H,2-5,10-11H2,1H3,(H2,18,22)/t15-/m0/s1. The number of ketones is 1. The van der Waals surface area contributed by atoms with Gasteiger partial charge in [-0.25, -0.2) is 0 Å². The van der Waals surface area contributed by atoms with E-state index in [4.69, 9.17) is 10.5 Å². The van der Waals surface area contributed by atoms with Crippen LogP contribution in [0.4, 0.5) is 0 Å². The molecule has 6 heteroatoms. The average Bonchev–Trinajstić information content (AvgIpc) is 3.01. The number of rotatable bonds is 7. The minimum atomic E-state index is -0.456. The van der Waals surface area contributed by atoms with Crippen molar-refractivity contribution in [2.45, 2.75) is 38.6 Å². The first-order valence-corrected chi connectivity index (χ1v) is 7.81. The maximum Gasteiger partial charge on any atom is 0.240 e. The summed E-state index contributed by atoms with van der Waals surface area (Å²) in [6, 6.07) is 6.45. The molecule has 124 valence electrons. The highest BCUT2D eigenvalue weighted by Gasteiger charge is 2.31. The summed E-state index contributed by atoms with van der Waals surface area (Å²) < 4.78 is 5.55. The highest BCUT2D eigenvalue weighted by molar-refractivity contribution is 5.94. The second kappa shape index (κ2) is 7.76. The molecule has 6 nitrogen and oxygen atoms in total. The summed E-state index contributed by atoms with van der Waals surface area (Å²) in [5, 5.41) is 0. The fourth-order valence-electron chi connectivity index (χ4n) is 2.70. The predicted octanol–water partition coefficient (Wildman–Crippen LogP) is 1.52. The van der Waals surface area contributed by atoms with Crippen LogP contribution in [0, 0.1) is 0 Å². The summed E-state index contributed by atoms with van der Waals surface area (Å²) >= 11 is 0. The molecule has 1 saturated heterocycles. The van der Waals surface area contributed by atoms with Gasteiger partial charge in [-0.05, 0) is 50.5 Å². The van der Waals surface area contributed by atoms with Crippen LogP contribution in [0.1, 0.15) is 43.0 Å². The van der Waals surface area contributed by atoms with Crippen molar-refractivity contribution in [3.63, 3.8) is 0 Å². The number of carbonyl (C=O) groups is 3. The zero-order chi connectivity index (χ0) is 16.8. The van der Waals surface area contributed by atoms with Gasteiger partial charge in [0.25, 0.3) is 0 Å². The van der Waals surface area contributed by atoms with Crippen molar-refractivity contribution in [2.75, 3.05) is 13.2 Å². The maximum atomic E-state index is 12.1. The van der Waals surface area contributed by atoms with Crippen LogP contribution in [-0.4, -0.2) is 41.7 Å². The van der Waals surface area contributed by atoms with E-state index in [1.807, 2.05) is 0 Å². The predicted molar refractivity (Wildman–Crippen MR) is 85.1 cm³/mol. The van der Waals surface area contributed by atoms with Gasteiger partial charge in [-0.2, -0.15) is 0 Å². The van der Waals surface area contributed by atoms with Crippen LogP contribution in [0.25, 0.3) is 0 Å². The molecule has 1 aromatic rings. The van der Waals surface area contributed by atoms with Gasteiger partial charge < -0.3 is 15.4 Å². The number of benzene rings is 1. The van der Waals surface area contributed by atoms with Gasteiger partial charge in [-0.15, -0.1) is 0 Å². The first-order valence-electron chi connectivity index (χ1n) is 7.81. The van der Waals surface area contributed by atoms with Crippen LogP contribution in [0.2, 0.25) is 0 Å². The van der Waals surface area contributed by atoms with Gasteiger partial charge in [0, 0.05) is 18.5 Å². The summed E-state index contributed by atoms with van der Waals surface area (Å²) in [6.07, 6.45) is 2.36. The average molecular weight is 318 g/mol. The van der Waals surface area contributed by atoms with E-state index in [-0.39, 0.29) is 11.7 Å². The molecule has 0 bridgehead atoms. The lowest BCUT2D eigenvalue weighted by Gasteiger charge is -2.22. The molecule has 1 aliphatic rings. The van der Waals surface area contributed by atoms with E-state index in [1.165, 1.54) is 6.92 Å². The molecule has 1 aliphatic heterocycles. The number of nitrogens with zero attached hydrogens (tertiary/aromatic N) is 1. The van der Waals surface area contributed by atoms with E-state index in [9.17, 15) is 14.4 Å². The second-order valence-electron chi connectivity index (χ2n) is 5.68. The Kier molecular flexibility index (Phi) is 5.73. The lowest BCUT2D eigenvalue weighted by Crippen LogP contribution is -2.43. The molecule has 23 heavy (non-hydrogen) atoms. The Morgan fingerprint density at radius 3 is 2.57 bits per heavy atom. The number of primary amides is 1. The number of ether oxygens (including phenoxy) is 1. The first-order chi connectivity index (χ1) is 11.0. The zero-order valence-electron chi connectivity index (χ0n) is 13.3. The fraction of sp³-hybridized carbons (Fsp3) is 0.471. The summed E-state index contributed by atoms with van der Waals surface area (Å²) in [5.41, 5.74) is 5.95. The van der Waals surface area contributed by atoms with Crippen molar-refractivity contribution in [3.05, 3.63) is 29.8 Å². The molecule has 1 fully saturated rings. The van der Waals surface area contributed by atoms with Crippen molar-refractivity contribution >= 4 is 17.6 Å². The molecule has 0 spiro atoms. The monoisotopic (exact) mass is 318 g/mol. The number of Topliss-reactive ketones (excluding diaryl/α,β-unsaturated/α-hetero) is 1. The van der Waals surface area contributed by atoms with E-state index in [0.29, 0.717) is 43.7 Å². The highest BCUT2D eigenvalue weighted by Crippen LogP contribution is 2.18. The molecular formula is C17H22N2O4. The number of hydrogen-bond acceptors (Lipinski definition) is 4. The molecule has 0 saturated carbocycles. The third-order valence-electron chi connectivity index (χ3n) is 3.97. The lowest BCUT2D eigenvalue weighted by atomic mass is 10.1. The van der Waals surface area contributed by atoms with E-state index in [0.717, 1.165) is 6.42 Å². The Morgan fingerprint density at radius 2 is 1.96 bits per heavy atom. The van der Waals surface area contributed by atoms with Crippen molar-refractivity contribution in [3.8, 4) is 5.75 Å². The van der Waals surface area contributed by atoms with Gasteiger partial charge in [-0.1, -0.05) is 0 Å². The zero-order valence-corrected chi connectivity index (χ0v) is 13.3. The first kappa shape index (κ1) is 17.0. The van der Waals surface area contributed by atoms with Gasteiger partial charge in [0.2, 0.25) is 11.8 Å². The van der Waals surface area contributed by atoms with Crippen LogP contribution < -0.4 is 10.5 Å². The summed E-state index contributed by atoms with van der Waals surface area (Å²) in [4.78, 5) is 36.2. The minimum Gasteiger partial charge on any atom is -0.494 e. The Balaban J connectivity index is 1.73. The summed E-state index contributed by atoms with van der Waals surface area (Å²) in [5.74, 6) is 0.190. The van der Waals surface area contributed by atoms with Crippen LogP contribution in [0.3, 0.4) is 0 Å². The van der Waals surface area contributed by atoms with Gasteiger partial charge in [-0.3, -0.25) is 14.4 Å². The fourth-order valence-corrected chi connectivity index (χ4v) is 2.70. The second-order valence-corrected chi connectivity index (χ2v) is 5.68. The van der Waals surface area contributed by atoms with Gasteiger partial charge in [0.05, 0.1) is 6.61 Å². The van der Waals surface area contributed by atoms with E-state index in [2.05, 4.69) is 0 Å². The molecule has 2 N–H and O–H groups in total. The van der Waals surface area contributed by atoms with Crippen LogP contribution in [0.15, 0.2) is 24.3 Å². The molecule has 0 aromatic heterocycles.